The lowest BCUT2D eigenvalue weighted by atomic mass is 10.0. The van der Waals surface area contributed by atoms with Crippen LogP contribution >= 0.6 is 0 Å². The van der Waals surface area contributed by atoms with Gasteiger partial charge in [0.2, 0.25) is 0 Å². The summed E-state index contributed by atoms with van der Waals surface area (Å²) in [4.78, 5) is 19.5. The van der Waals surface area contributed by atoms with E-state index in [2.05, 4.69) is 28.2 Å². The third kappa shape index (κ3) is 2.90. The maximum absolute atomic E-state index is 13.2. The van der Waals surface area contributed by atoms with Crippen molar-refractivity contribution in [2.75, 3.05) is 6.54 Å². The topological polar surface area (TPSA) is 68.3 Å². The molecule has 4 rings (SSSR count). The molecule has 1 amide bonds. The zero-order valence-electron chi connectivity index (χ0n) is 14.6. The van der Waals surface area contributed by atoms with Gasteiger partial charge in [-0.1, -0.05) is 0 Å². The number of hydrogen-bond acceptors (Lipinski definition) is 4. The number of rotatable bonds is 3. The SMILES string of the molecule is Cc1cc(C)n(C[C@H]2CCCCN2C(=O)c2cnn3cccnc23)n1. The van der Waals surface area contributed by atoms with Crippen molar-refractivity contribution >= 4 is 11.6 Å². The number of aromatic nitrogens is 5. The highest BCUT2D eigenvalue weighted by Gasteiger charge is 2.30. The van der Waals surface area contributed by atoms with Gasteiger partial charge in [0.1, 0.15) is 5.56 Å². The number of amides is 1. The molecule has 1 saturated heterocycles. The summed E-state index contributed by atoms with van der Waals surface area (Å²) >= 11 is 0. The van der Waals surface area contributed by atoms with Crippen molar-refractivity contribution in [3.8, 4) is 0 Å². The quantitative estimate of drug-likeness (QED) is 0.734. The fourth-order valence-corrected chi connectivity index (χ4v) is 3.65. The van der Waals surface area contributed by atoms with Crippen LogP contribution in [-0.4, -0.2) is 47.8 Å². The minimum Gasteiger partial charge on any atom is -0.334 e. The zero-order chi connectivity index (χ0) is 17.4. The maximum atomic E-state index is 13.2. The molecule has 25 heavy (non-hydrogen) atoms. The number of piperidine rings is 1. The number of hydrogen-bond donors (Lipinski definition) is 0. The van der Waals surface area contributed by atoms with Crippen molar-refractivity contribution in [2.24, 2.45) is 0 Å². The average molecular weight is 338 g/mol. The first-order chi connectivity index (χ1) is 12.1. The lowest BCUT2D eigenvalue weighted by Gasteiger charge is -2.35. The number of carbonyl (C=O) groups is 1. The molecule has 1 atom stereocenters. The first-order valence-electron chi connectivity index (χ1n) is 8.74. The lowest BCUT2D eigenvalue weighted by molar-refractivity contribution is 0.0584. The van der Waals surface area contributed by atoms with Crippen LogP contribution in [0.4, 0.5) is 0 Å². The molecule has 7 nitrogen and oxygen atoms in total. The Bertz CT molecular complexity index is 911. The van der Waals surface area contributed by atoms with Crippen molar-refractivity contribution in [1.82, 2.24) is 29.3 Å². The molecule has 130 valence electrons. The molecule has 1 aliphatic heterocycles. The Morgan fingerprint density at radius 1 is 1.32 bits per heavy atom. The van der Waals surface area contributed by atoms with Gasteiger partial charge in [-0.15, -0.1) is 0 Å². The maximum Gasteiger partial charge on any atom is 0.259 e. The summed E-state index contributed by atoms with van der Waals surface area (Å²) in [5.41, 5.74) is 3.33. The van der Waals surface area contributed by atoms with E-state index in [0.717, 1.165) is 43.7 Å². The van der Waals surface area contributed by atoms with E-state index in [4.69, 9.17) is 0 Å². The van der Waals surface area contributed by atoms with Crippen LogP contribution in [0.15, 0.2) is 30.7 Å². The molecule has 7 heteroatoms. The molecular weight excluding hydrogens is 316 g/mol. The normalized spacial score (nSPS) is 18.0. The van der Waals surface area contributed by atoms with E-state index in [-0.39, 0.29) is 11.9 Å². The monoisotopic (exact) mass is 338 g/mol. The highest BCUT2D eigenvalue weighted by atomic mass is 16.2. The largest absolute Gasteiger partial charge is 0.334 e. The molecule has 0 aromatic carbocycles. The summed E-state index contributed by atoms with van der Waals surface area (Å²) < 4.78 is 3.66. The van der Waals surface area contributed by atoms with E-state index in [1.807, 2.05) is 22.7 Å². The fraction of sp³-hybridized carbons (Fsp3) is 0.444. The highest BCUT2D eigenvalue weighted by Crippen LogP contribution is 2.22. The van der Waals surface area contributed by atoms with E-state index in [0.29, 0.717) is 11.2 Å². The van der Waals surface area contributed by atoms with Crippen molar-refractivity contribution in [1.29, 1.82) is 0 Å². The molecular formula is C18H22N6O. The summed E-state index contributed by atoms with van der Waals surface area (Å²) in [6, 6.07) is 4.03. The number of aryl methyl sites for hydroxylation is 2. The van der Waals surface area contributed by atoms with Crippen LogP contribution in [-0.2, 0) is 6.54 Å². The van der Waals surface area contributed by atoms with Crippen LogP contribution in [0.3, 0.4) is 0 Å². The molecule has 3 aromatic heterocycles. The second-order valence-electron chi connectivity index (χ2n) is 6.70. The van der Waals surface area contributed by atoms with Crippen LogP contribution < -0.4 is 0 Å². The second-order valence-corrected chi connectivity index (χ2v) is 6.70. The minimum atomic E-state index is 0.0138. The van der Waals surface area contributed by atoms with E-state index >= 15 is 0 Å². The van der Waals surface area contributed by atoms with E-state index in [1.54, 1.807) is 23.0 Å². The van der Waals surface area contributed by atoms with Gasteiger partial charge in [-0.25, -0.2) is 9.50 Å². The fourth-order valence-electron chi connectivity index (χ4n) is 3.65. The summed E-state index contributed by atoms with van der Waals surface area (Å²) in [6.07, 6.45) is 8.29. The highest BCUT2D eigenvalue weighted by molar-refractivity contribution is 5.99. The number of fused-ring (bicyclic) bond motifs is 1. The van der Waals surface area contributed by atoms with Crippen molar-refractivity contribution in [3.63, 3.8) is 0 Å². The third-order valence-corrected chi connectivity index (χ3v) is 4.88. The smallest absolute Gasteiger partial charge is 0.259 e. The van der Waals surface area contributed by atoms with Crippen LogP contribution in [0.5, 0.6) is 0 Å². The molecule has 0 bridgehead atoms. The van der Waals surface area contributed by atoms with Crippen LogP contribution in [0, 0.1) is 13.8 Å². The van der Waals surface area contributed by atoms with Gasteiger partial charge in [0.15, 0.2) is 5.65 Å². The number of nitrogens with zero attached hydrogens (tertiary/aromatic N) is 6. The van der Waals surface area contributed by atoms with E-state index in [9.17, 15) is 4.79 Å². The van der Waals surface area contributed by atoms with Gasteiger partial charge in [0, 0.05) is 24.6 Å². The predicted octanol–water partition coefficient (Wildman–Crippen LogP) is 2.24. The van der Waals surface area contributed by atoms with Gasteiger partial charge < -0.3 is 4.90 Å². The molecule has 1 fully saturated rings. The van der Waals surface area contributed by atoms with Crippen molar-refractivity contribution < 1.29 is 4.79 Å². The molecule has 4 heterocycles. The predicted molar refractivity (Wildman–Crippen MR) is 93.4 cm³/mol. The molecule has 0 spiro atoms. The van der Waals surface area contributed by atoms with Gasteiger partial charge in [-0.3, -0.25) is 9.48 Å². The Hall–Kier alpha value is -2.70. The summed E-state index contributed by atoms with van der Waals surface area (Å²) in [6.45, 7) is 5.56. The Kier molecular flexibility index (Phi) is 3.99. The van der Waals surface area contributed by atoms with Gasteiger partial charge in [0.05, 0.1) is 24.5 Å². The van der Waals surface area contributed by atoms with Gasteiger partial charge >= 0.3 is 0 Å². The first kappa shape index (κ1) is 15.8. The molecule has 3 aromatic rings. The number of likely N-dealkylation sites (tertiary alicyclic amines) is 1. The van der Waals surface area contributed by atoms with Crippen LogP contribution in [0.2, 0.25) is 0 Å². The molecule has 0 saturated carbocycles. The zero-order valence-corrected chi connectivity index (χ0v) is 14.6. The minimum absolute atomic E-state index is 0.0138. The second kappa shape index (κ2) is 6.31. The standard InChI is InChI=1S/C18H22N6O/c1-13-10-14(2)24(21-13)12-15-6-3-4-8-22(15)18(25)16-11-20-23-9-5-7-19-17(16)23/h5,7,9-11,15H,3-4,6,8,12H2,1-2H3/t15-/m1/s1. The van der Waals surface area contributed by atoms with Crippen molar-refractivity contribution in [3.05, 3.63) is 47.7 Å². The Morgan fingerprint density at radius 2 is 2.20 bits per heavy atom. The molecule has 0 aliphatic carbocycles. The summed E-state index contributed by atoms with van der Waals surface area (Å²) in [7, 11) is 0. The number of carbonyl (C=O) groups excluding carboxylic acids is 1. The van der Waals surface area contributed by atoms with Gasteiger partial charge in [-0.05, 0) is 45.2 Å². The Labute approximate surface area is 146 Å². The van der Waals surface area contributed by atoms with E-state index in [1.165, 1.54) is 0 Å². The van der Waals surface area contributed by atoms with Crippen LogP contribution in [0.1, 0.15) is 41.0 Å². The lowest BCUT2D eigenvalue weighted by Crippen LogP contribution is -2.46. The third-order valence-electron chi connectivity index (χ3n) is 4.88. The molecule has 1 aliphatic rings. The Morgan fingerprint density at radius 3 is 3.00 bits per heavy atom. The molecule has 0 unspecified atom stereocenters. The van der Waals surface area contributed by atoms with Crippen molar-refractivity contribution in [2.45, 2.75) is 45.7 Å². The summed E-state index contributed by atoms with van der Waals surface area (Å²) in [5.74, 6) is 0.0138. The molecule has 0 N–H and O–H groups in total. The van der Waals surface area contributed by atoms with Crippen LogP contribution in [0.25, 0.3) is 5.65 Å². The van der Waals surface area contributed by atoms with Gasteiger partial charge in [0.25, 0.3) is 5.91 Å². The Balaban J connectivity index is 1.62. The average Bonchev–Trinajstić information content (AvgIpc) is 3.18. The molecule has 0 radical (unpaired) electrons. The van der Waals surface area contributed by atoms with Gasteiger partial charge in [-0.2, -0.15) is 10.2 Å². The van der Waals surface area contributed by atoms with E-state index < -0.39 is 0 Å². The summed E-state index contributed by atoms with van der Waals surface area (Å²) in [5, 5.41) is 8.81. The first-order valence-corrected chi connectivity index (χ1v) is 8.74.